The molecule has 1 rings (SSSR count). The lowest BCUT2D eigenvalue weighted by Gasteiger charge is -2.16. The highest BCUT2D eigenvalue weighted by Crippen LogP contribution is 2.32. The van der Waals surface area contributed by atoms with Crippen LogP contribution in [-0.4, -0.2) is 24.4 Å². The van der Waals surface area contributed by atoms with Crippen molar-refractivity contribution < 1.29 is 27.4 Å². The van der Waals surface area contributed by atoms with E-state index in [0.29, 0.717) is 0 Å². The van der Waals surface area contributed by atoms with Gasteiger partial charge in [0.25, 0.3) is 0 Å². The number of hydrogen-bond donors (Lipinski definition) is 1. The first-order valence-corrected chi connectivity index (χ1v) is 6.05. The molecule has 0 aliphatic heterocycles. The average Bonchev–Trinajstić information content (AvgIpc) is 2.31. The smallest absolute Gasteiger partial charge is 0.469 e. The fraction of sp³-hybridized carbons (Fsp3) is 0.400. The van der Waals surface area contributed by atoms with Crippen molar-refractivity contribution in [2.24, 2.45) is 5.73 Å². The van der Waals surface area contributed by atoms with Gasteiger partial charge in [-0.3, -0.25) is 4.79 Å². The standard InChI is InChI=1S/C10H10F3IN2O3/c1-18-7(17)2-5-4-16-9(14)6(3-15)8(5)19-10(11,12)13/h4H,2-3,15H2,1H3. The molecule has 0 radical (unpaired) electrons. The first-order valence-electron chi connectivity index (χ1n) is 4.97. The van der Waals surface area contributed by atoms with Gasteiger partial charge in [-0.15, -0.1) is 13.2 Å². The van der Waals surface area contributed by atoms with Gasteiger partial charge in [-0.1, -0.05) is 0 Å². The van der Waals surface area contributed by atoms with Crippen LogP contribution in [0, 0.1) is 3.70 Å². The van der Waals surface area contributed by atoms with Crippen molar-refractivity contribution in [2.45, 2.75) is 19.3 Å². The second kappa shape index (κ2) is 6.37. The number of carbonyl (C=O) groups is 1. The van der Waals surface area contributed by atoms with E-state index >= 15 is 0 Å². The van der Waals surface area contributed by atoms with Crippen molar-refractivity contribution in [3.05, 3.63) is 21.0 Å². The Hall–Kier alpha value is -1.10. The number of esters is 1. The molecule has 0 amide bonds. The molecule has 0 spiro atoms. The number of pyridine rings is 1. The molecule has 2 N–H and O–H groups in total. The Morgan fingerprint density at radius 2 is 2.16 bits per heavy atom. The van der Waals surface area contributed by atoms with Gasteiger partial charge >= 0.3 is 12.3 Å². The predicted octanol–water partition coefficient (Wildman–Crippen LogP) is 1.76. The van der Waals surface area contributed by atoms with Crippen molar-refractivity contribution in [3.63, 3.8) is 0 Å². The van der Waals surface area contributed by atoms with Gasteiger partial charge in [0.05, 0.1) is 13.5 Å². The van der Waals surface area contributed by atoms with Crippen molar-refractivity contribution in [1.29, 1.82) is 0 Å². The molecule has 0 fully saturated rings. The Kier molecular flexibility index (Phi) is 5.35. The van der Waals surface area contributed by atoms with Crippen LogP contribution in [0.15, 0.2) is 6.20 Å². The molecule has 1 aromatic rings. The van der Waals surface area contributed by atoms with Crippen LogP contribution in [0.25, 0.3) is 0 Å². The molecule has 0 saturated heterocycles. The molecule has 1 heterocycles. The Bertz CT molecular complexity index is 480. The number of nitrogens with zero attached hydrogens (tertiary/aromatic N) is 1. The van der Waals surface area contributed by atoms with Gasteiger partial charge in [0, 0.05) is 23.9 Å². The topological polar surface area (TPSA) is 74.4 Å². The summed E-state index contributed by atoms with van der Waals surface area (Å²) >= 11 is 1.74. The maximum Gasteiger partial charge on any atom is 0.573 e. The van der Waals surface area contributed by atoms with E-state index in [9.17, 15) is 18.0 Å². The molecule has 0 unspecified atom stereocenters. The summed E-state index contributed by atoms with van der Waals surface area (Å²) in [5, 5.41) is 0. The van der Waals surface area contributed by atoms with Gasteiger partial charge < -0.3 is 15.2 Å². The van der Waals surface area contributed by atoms with Crippen LogP contribution in [0.4, 0.5) is 13.2 Å². The van der Waals surface area contributed by atoms with Crippen molar-refractivity contribution >= 4 is 28.6 Å². The summed E-state index contributed by atoms with van der Waals surface area (Å²) in [6.07, 6.45) is -4.11. The van der Waals surface area contributed by atoms with Gasteiger partial charge in [-0.2, -0.15) is 0 Å². The number of halogens is 4. The van der Waals surface area contributed by atoms with E-state index in [1.165, 1.54) is 0 Å². The maximum atomic E-state index is 12.4. The summed E-state index contributed by atoms with van der Waals surface area (Å²) in [6, 6.07) is 0. The van der Waals surface area contributed by atoms with Gasteiger partial charge in [0.1, 0.15) is 9.45 Å². The first-order chi connectivity index (χ1) is 8.78. The maximum absolute atomic E-state index is 12.4. The molecule has 0 aliphatic rings. The van der Waals surface area contributed by atoms with Crippen molar-refractivity contribution in [3.8, 4) is 5.75 Å². The molecule has 5 nitrogen and oxygen atoms in total. The summed E-state index contributed by atoms with van der Waals surface area (Å²) in [5.74, 6) is -1.18. The Balaban J connectivity index is 3.25. The van der Waals surface area contributed by atoms with E-state index in [1.807, 2.05) is 0 Å². The second-order valence-electron chi connectivity index (χ2n) is 3.39. The molecule has 0 bridgehead atoms. The third kappa shape index (κ3) is 4.49. The lowest BCUT2D eigenvalue weighted by atomic mass is 10.1. The lowest BCUT2D eigenvalue weighted by Crippen LogP contribution is -2.21. The fourth-order valence-corrected chi connectivity index (χ4v) is 1.94. The largest absolute Gasteiger partial charge is 0.573 e. The zero-order chi connectivity index (χ0) is 14.6. The SMILES string of the molecule is COC(=O)Cc1cnc(I)c(CN)c1OC(F)(F)F. The third-order valence-electron chi connectivity index (χ3n) is 2.13. The van der Waals surface area contributed by atoms with Crippen LogP contribution in [-0.2, 0) is 22.5 Å². The molecule has 0 saturated carbocycles. The molecular formula is C10H10F3IN2O3. The quantitative estimate of drug-likeness (QED) is 0.482. The molecule has 0 aromatic carbocycles. The molecule has 1 aromatic heterocycles. The van der Waals surface area contributed by atoms with Gasteiger partial charge in [0.15, 0.2) is 0 Å². The van der Waals surface area contributed by atoms with Crippen molar-refractivity contribution in [2.75, 3.05) is 7.11 Å². The Morgan fingerprint density at radius 1 is 1.53 bits per heavy atom. The van der Waals surface area contributed by atoms with Crippen molar-refractivity contribution in [1.82, 2.24) is 4.98 Å². The number of methoxy groups -OCH3 is 1. The highest BCUT2D eigenvalue weighted by molar-refractivity contribution is 14.1. The molecular weight excluding hydrogens is 380 g/mol. The minimum absolute atomic E-state index is 0.0231. The van der Waals surface area contributed by atoms with Crippen LogP contribution in [0.1, 0.15) is 11.1 Å². The number of carbonyl (C=O) groups excluding carboxylic acids is 1. The number of rotatable bonds is 4. The molecule has 0 aliphatic carbocycles. The molecule has 106 valence electrons. The van der Waals surface area contributed by atoms with E-state index in [1.54, 1.807) is 22.6 Å². The number of ether oxygens (including phenoxy) is 2. The first kappa shape index (κ1) is 16.0. The Morgan fingerprint density at radius 3 is 2.63 bits per heavy atom. The average molecular weight is 390 g/mol. The van der Waals surface area contributed by atoms with E-state index in [-0.39, 0.29) is 27.8 Å². The van der Waals surface area contributed by atoms with Gasteiger partial charge in [0.2, 0.25) is 0 Å². The van der Waals surface area contributed by atoms with Gasteiger partial charge in [-0.25, -0.2) is 4.98 Å². The fourth-order valence-electron chi connectivity index (χ4n) is 1.33. The van der Waals surface area contributed by atoms with E-state index < -0.39 is 18.1 Å². The summed E-state index contributed by atoms with van der Waals surface area (Å²) in [5.41, 5.74) is 5.47. The van der Waals surface area contributed by atoms with E-state index in [2.05, 4.69) is 14.5 Å². The predicted molar refractivity (Wildman–Crippen MR) is 67.2 cm³/mol. The minimum atomic E-state index is -4.88. The summed E-state index contributed by atoms with van der Waals surface area (Å²) in [7, 11) is 1.14. The molecule has 19 heavy (non-hydrogen) atoms. The molecule has 0 atom stereocenters. The van der Waals surface area contributed by atoms with Crippen LogP contribution in [0.2, 0.25) is 0 Å². The highest BCUT2D eigenvalue weighted by atomic mass is 127. The summed E-state index contributed by atoms with van der Waals surface area (Å²) in [6.45, 7) is -0.189. The number of aromatic nitrogens is 1. The Labute approximate surface area is 120 Å². The van der Waals surface area contributed by atoms with E-state index in [0.717, 1.165) is 13.3 Å². The highest BCUT2D eigenvalue weighted by Gasteiger charge is 2.34. The number of alkyl halides is 3. The second-order valence-corrected chi connectivity index (χ2v) is 4.41. The minimum Gasteiger partial charge on any atom is -0.469 e. The normalized spacial score (nSPS) is 11.3. The zero-order valence-electron chi connectivity index (χ0n) is 9.75. The van der Waals surface area contributed by atoms with Crippen LogP contribution in [0.5, 0.6) is 5.75 Å². The van der Waals surface area contributed by atoms with Crippen LogP contribution < -0.4 is 10.5 Å². The van der Waals surface area contributed by atoms with E-state index in [4.69, 9.17) is 5.73 Å². The monoisotopic (exact) mass is 390 g/mol. The lowest BCUT2D eigenvalue weighted by molar-refractivity contribution is -0.275. The number of hydrogen-bond acceptors (Lipinski definition) is 5. The summed E-state index contributed by atoms with van der Waals surface area (Å²) < 4.78 is 45.8. The van der Waals surface area contributed by atoms with Crippen LogP contribution in [0.3, 0.4) is 0 Å². The van der Waals surface area contributed by atoms with Crippen LogP contribution >= 0.6 is 22.6 Å². The van der Waals surface area contributed by atoms with Gasteiger partial charge in [-0.05, 0) is 22.6 Å². The third-order valence-corrected chi connectivity index (χ3v) is 3.06. The molecule has 9 heteroatoms. The number of nitrogens with two attached hydrogens (primary N) is 1. The zero-order valence-corrected chi connectivity index (χ0v) is 11.9. The summed E-state index contributed by atoms with van der Waals surface area (Å²) in [4.78, 5) is 15.0.